The standard InChI is InChI=1S/C20H23N5O3/c1-2-16-4-5-18(28-16)17-13-27-10-9-25(17)20(26)23-12-15-3-6-19(22-11-15)24-8-7-21-14-24/h3-8,11,14,17H,2,9-10,12-13H2,1H3,(H,23,26). The highest BCUT2D eigenvalue weighted by molar-refractivity contribution is 5.74. The van der Waals surface area contributed by atoms with Crippen molar-refractivity contribution in [3.63, 3.8) is 0 Å². The normalized spacial score (nSPS) is 16.9. The van der Waals surface area contributed by atoms with Crippen LogP contribution >= 0.6 is 0 Å². The van der Waals surface area contributed by atoms with Gasteiger partial charge in [0.15, 0.2) is 0 Å². The van der Waals surface area contributed by atoms with E-state index in [9.17, 15) is 4.79 Å². The van der Waals surface area contributed by atoms with Gasteiger partial charge in [-0.3, -0.25) is 4.57 Å². The van der Waals surface area contributed by atoms with E-state index in [1.54, 1.807) is 23.6 Å². The molecule has 0 radical (unpaired) electrons. The van der Waals surface area contributed by atoms with Crippen molar-refractivity contribution < 1.29 is 13.9 Å². The first-order valence-corrected chi connectivity index (χ1v) is 9.38. The molecule has 1 aliphatic rings. The second-order valence-electron chi connectivity index (χ2n) is 6.60. The fourth-order valence-electron chi connectivity index (χ4n) is 3.19. The van der Waals surface area contributed by atoms with E-state index in [0.717, 1.165) is 29.3 Å². The molecule has 1 aliphatic heterocycles. The quantitative estimate of drug-likeness (QED) is 0.734. The van der Waals surface area contributed by atoms with Crippen molar-refractivity contribution in [1.82, 2.24) is 24.8 Å². The lowest BCUT2D eigenvalue weighted by molar-refractivity contribution is 0.00392. The Labute approximate surface area is 163 Å². The highest BCUT2D eigenvalue weighted by Crippen LogP contribution is 2.26. The molecule has 8 heteroatoms. The predicted molar refractivity (Wildman–Crippen MR) is 102 cm³/mol. The first kappa shape index (κ1) is 18.2. The SMILES string of the molecule is CCc1ccc(C2COCCN2C(=O)NCc2ccc(-n3ccnc3)nc2)o1. The van der Waals surface area contributed by atoms with E-state index < -0.39 is 0 Å². The molecule has 0 aliphatic carbocycles. The van der Waals surface area contributed by atoms with Crippen molar-refractivity contribution in [3.05, 3.63) is 66.3 Å². The molecule has 0 saturated carbocycles. The monoisotopic (exact) mass is 381 g/mol. The zero-order valence-electron chi connectivity index (χ0n) is 15.7. The van der Waals surface area contributed by atoms with Crippen LogP contribution in [-0.2, 0) is 17.7 Å². The smallest absolute Gasteiger partial charge is 0.318 e. The summed E-state index contributed by atoms with van der Waals surface area (Å²) in [5.74, 6) is 2.45. The van der Waals surface area contributed by atoms with Gasteiger partial charge in [-0.1, -0.05) is 13.0 Å². The number of imidazole rings is 1. The van der Waals surface area contributed by atoms with Crippen molar-refractivity contribution in [2.24, 2.45) is 0 Å². The van der Waals surface area contributed by atoms with Gasteiger partial charge in [0.1, 0.15) is 29.7 Å². The van der Waals surface area contributed by atoms with Crippen LogP contribution in [0.5, 0.6) is 0 Å². The summed E-state index contributed by atoms with van der Waals surface area (Å²) in [6.45, 7) is 3.92. The van der Waals surface area contributed by atoms with Gasteiger partial charge in [-0.15, -0.1) is 0 Å². The minimum Gasteiger partial charge on any atom is -0.464 e. The van der Waals surface area contributed by atoms with Crippen LogP contribution in [0.2, 0.25) is 0 Å². The summed E-state index contributed by atoms with van der Waals surface area (Å²) >= 11 is 0. The molecular formula is C20H23N5O3. The van der Waals surface area contributed by atoms with Crippen molar-refractivity contribution >= 4 is 6.03 Å². The molecule has 3 aromatic rings. The Morgan fingerprint density at radius 3 is 2.96 bits per heavy atom. The molecule has 1 unspecified atom stereocenters. The van der Waals surface area contributed by atoms with Crippen LogP contribution in [0.4, 0.5) is 4.79 Å². The maximum atomic E-state index is 12.8. The number of carbonyl (C=O) groups excluding carboxylic acids is 1. The third-order valence-electron chi connectivity index (χ3n) is 4.77. The molecule has 0 spiro atoms. The molecular weight excluding hydrogens is 358 g/mol. The van der Waals surface area contributed by atoms with Crippen molar-refractivity contribution in [3.8, 4) is 5.82 Å². The van der Waals surface area contributed by atoms with Gasteiger partial charge < -0.3 is 19.4 Å². The molecule has 4 heterocycles. The Morgan fingerprint density at radius 1 is 1.32 bits per heavy atom. The zero-order valence-corrected chi connectivity index (χ0v) is 15.7. The molecule has 0 bridgehead atoms. The van der Waals surface area contributed by atoms with E-state index in [0.29, 0.717) is 26.3 Å². The van der Waals surface area contributed by atoms with Crippen molar-refractivity contribution in [1.29, 1.82) is 0 Å². The van der Waals surface area contributed by atoms with Gasteiger partial charge in [0, 0.05) is 38.1 Å². The second-order valence-corrected chi connectivity index (χ2v) is 6.60. The number of amides is 2. The summed E-state index contributed by atoms with van der Waals surface area (Å²) in [4.78, 5) is 23.0. The highest BCUT2D eigenvalue weighted by Gasteiger charge is 2.30. The predicted octanol–water partition coefficient (Wildman–Crippen LogP) is 2.71. The molecule has 2 amide bonds. The molecule has 0 aromatic carbocycles. The van der Waals surface area contributed by atoms with Gasteiger partial charge in [0.2, 0.25) is 0 Å². The number of aryl methyl sites for hydroxylation is 1. The zero-order chi connectivity index (χ0) is 19.3. The number of aromatic nitrogens is 3. The summed E-state index contributed by atoms with van der Waals surface area (Å²) in [5.41, 5.74) is 0.924. The Morgan fingerprint density at radius 2 is 2.25 bits per heavy atom. The van der Waals surface area contributed by atoms with Crippen LogP contribution in [0.25, 0.3) is 5.82 Å². The minimum absolute atomic E-state index is 0.138. The van der Waals surface area contributed by atoms with Gasteiger partial charge in [0.05, 0.1) is 13.2 Å². The Balaban J connectivity index is 1.39. The Bertz CT molecular complexity index is 904. The van der Waals surface area contributed by atoms with Crippen LogP contribution in [0.15, 0.2) is 53.6 Å². The lowest BCUT2D eigenvalue weighted by Crippen LogP contribution is -2.47. The summed E-state index contributed by atoms with van der Waals surface area (Å²) in [6, 6.07) is 7.37. The Hall–Kier alpha value is -3.13. The number of hydrogen-bond donors (Lipinski definition) is 1. The van der Waals surface area contributed by atoms with Crippen LogP contribution in [0, 0.1) is 0 Å². The number of rotatable bonds is 5. The molecule has 4 rings (SSSR count). The van der Waals surface area contributed by atoms with Gasteiger partial charge in [-0.05, 0) is 23.8 Å². The van der Waals surface area contributed by atoms with Crippen LogP contribution in [0.3, 0.4) is 0 Å². The number of pyridine rings is 1. The van der Waals surface area contributed by atoms with Crippen LogP contribution in [-0.4, -0.2) is 45.2 Å². The topological polar surface area (TPSA) is 85.4 Å². The third kappa shape index (κ3) is 3.91. The number of furan rings is 1. The lowest BCUT2D eigenvalue weighted by Gasteiger charge is -2.34. The molecule has 3 aromatic heterocycles. The van der Waals surface area contributed by atoms with Crippen LogP contribution in [0.1, 0.15) is 30.0 Å². The number of ether oxygens (including phenoxy) is 1. The van der Waals surface area contributed by atoms with Gasteiger partial charge >= 0.3 is 6.03 Å². The van der Waals surface area contributed by atoms with E-state index in [1.165, 1.54) is 0 Å². The van der Waals surface area contributed by atoms with Crippen LogP contribution < -0.4 is 5.32 Å². The second kappa shape index (κ2) is 8.26. The van der Waals surface area contributed by atoms with E-state index in [2.05, 4.69) is 15.3 Å². The fourth-order valence-corrected chi connectivity index (χ4v) is 3.19. The maximum absolute atomic E-state index is 12.8. The van der Waals surface area contributed by atoms with Gasteiger partial charge in [-0.2, -0.15) is 0 Å². The number of morpholine rings is 1. The van der Waals surface area contributed by atoms with Gasteiger partial charge in [0.25, 0.3) is 0 Å². The summed E-state index contributed by atoms with van der Waals surface area (Å²) in [5, 5.41) is 2.97. The van der Waals surface area contributed by atoms with E-state index >= 15 is 0 Å². The third-order valence-corrected chi connectivity index (χ3v) is 4.77. The summed E-state index contributed by atoms with van der Waals surface area (Å²) in [6.07, 6.45) is 7.81. The molecule has 146 valence electrons. The fraction of sp³-hybridized carbons (Fsp3) is 0.350. The molecule has 8 nitrogen and oxygen atoms in total. The average Bonchev–Trinajstić information content (AvgIpc) is 3.44. The number of carbonyl (C=O) groups is 1. The largest absolute Gasteiger partial charge is 0.464 e. The van der Waals surface area contributed by atoms with Gasteiger partial charge in [-0.25, -0.2) is 14.8 Å². The maximum Gasteiger partial charge on any atom is 0.318 e. The molecule has 1 atom stereocenters. The summed E-state index contributed by atoms with van der Waals surface area (Å²) < 4.78 is 13.2. The number of urea groups is 1. The number of hydrogen-bond acceptors (Lipinski definition) is 5. The molecule has 1 fully saturated rings. The first-order valence-electron chi connectivity index (χ1n) is 9.38. The average molecular weight is 381 g/mol. The van der Waals surface area contributed by atoms with E-state index in [1.807, 2.05) is 42.0 Å². The number of nitrogens with zero attached hydrogens (tertiary/aromatic N) is 4. The molecule has 28 heavy (non-hydrogen) atoms. The van der Waals surface area contributed by atoms with E-state index in [4.69, 9.17) is 9.15 Å². The molecule has 1 saturated heterocycles. The lowest BCUT2D eigenvalue weighted by atomic mass is 10.2. The summed E-state index contributed by atoms with van der Waals surface area (Å²) in [7, 11) is 0. The minimum atomic E-state index is -0.212. The van der Waals surface area contributed by atoms with Crippen molar-refractivity contribution in [2.45, 2.75) is 25.9 Å². The first-order chi connectivity index (χ1) is 13.7. The van der Waals surface area contributed by atoms with E-state index in [-0.39, 0.29) is 12.1 Å². The van der Waals surface area contributed by atoms with Crippen molar-refractivity contribution in [2.75, 3.05) is 19.8 Å². The highest BCUT2D eigenvalue weighted by atomic mass is 16.5. The molecule has 1 N–H and O–H groups in total. The Kier molecular flexibility index (Phi) is 5.38. The number of nitrogens with one attached hydrogen (secondary N) is 1.